The molecule has 0 spiro atoms. The van der Waals surface area contributed by atoms with Crippen LogP contribution in [0.15, 0.2) is 11.6 Å². The van der Waals surface area contributed by atoms with E-state index >= 15 is 0 Å². The van der Waals surface area contributed by atoms with Gasteiger partial charge in [0.2, 0.25) is 0 Å². The van der Waals surface area contributed by atoms with Gasteiger partial charge in [-0.05, 0) is 6.92 Å². The number of imidazole rings is 1. The first-order valence-electron chi connectivity index (χ1n) is 3.85. The minimum absolute atomic E-state index is 0.185. The molecule has 0 fully saturated rings. The lowest BCUT2D eigenvalue weighted by Crippen LogP contribution is -1.96. The minimum atomic E-state index is 0.185. The number of aliphatic hydroxyl groups is 1. The Labute approximate surface area is 74.3 Å². The van der Waals surface area contributed by atoms with Gasteiger partial charge in [-0.15, -0.1) is 11.3 Å². The van der Waals surface area contributed by atoms with E-state index < -0.39 is 0 Å². The van der Waals surface area contributed by atoms with Crippen LogP contribution in [0.3, 0.4) is 0 Å². The summed E-state index contributed by atoms with van der Waals surface area (Å²) in [6.07, 6.45) is 2.68. The Bertz CT molecular complexity index is 391. The zero-order valence-corrected chi connectivity index (χ0v) is 7.64. The molecule has 2 aromatic heterocycles. The summed E-state index contributed by atoms with van der Waals surface area (Å²) in [4.78, 5) is 5.37. The van der Waals surface area contributed by atoms with Crippen molar-refractivity contribution < 1.29 is 5.11 Å². The summed E-state index contributed by atoms with van der Waals surface area (Å²) >= 11 is 1.62. The highest BCUT2D eigenvalue weighted by molar-refractivity contribution is 7.15. The molecule has 1 N–H and O–H groups in total. The van der Waals surface area contributed by atoms with Crippen LogP contribution in [0.5, 0.6) is 0 Å². The van der Waals surface area contributed by atoms with Gasteiger partial charge in [-0.2, -0.15) is 0 Å². The molecule has 0 aliphatic carbocycles. The fourth-order valence-corrected chi connectivity index (χ4v) is 2.13. The molecule has 0 radical (unpaired) electrons. The normalized spacial score (nSPS) is 11.2. The van der Waals surface area contributed by atoms with Crippen molar-refractivity contribution in [1.29, 1.82) is 0 Å². The molecule has 0 aromatic carbocycles. The second-order valence-electron chi connectivity index (χ2n) is 2.67. The molecule has 0 amide bonds. The average molecular weight is 182 g/mol. The van der Waals surface area contributed by atoms with Crippen molar-refractivity contribution in [2.75, 3.05) is 6.61 Å². The molecule has 0 bridgehead atoms. The fraction of sp³-hybridized carbons (Fsp3) is 0.375. The molecule has 0 atom stereocenters. The van der Waals surface area contributed by atoms with Crippen LogP contribution >= 0.6 is 11.3 Å². The van der Waals surface area contributed by atoms with E-state index in [1.807, 2.05) is 22.9 Å². The number of aromatic nitrogens is 2. The van der Waals surface area contributed by atoms with Gasteiger partial charge in [-0.1, -0.05) is 0 Å². The third kappa shape index (κ3) is 1.04. The van der Waals surface area contributed by atoms with Crippen molar-refractivity contribution in [2.24, 2.45) is 0 Å². The Morgan fingerprint density at radius 3 is 3.25 bits per heavy atom. The fourth-order valence-electron chi connectivity index (χ4n) is 1.35. The van der Waals surface area contributed by atoms with E-state index in [1.165, 1.54) is 0 Å². The maximum Gasteiger partial charge on any atom is 0.194 e. The maximum atomic E-state index is 8.82. The summed E-state index contributed by atoms with van der Waals surface area (Å²) in [5, 5.41) is 10.8. The number of thiazole rings is 1. The maximum absolute atomic E-state index is 8.82. The number of rotatable bonds is 2. The van der Waals surface area contributed by atoms with Gasteiger partial charge in [0.1, 0.15) is 0 Å². The first kappa shape index (κ1) is 7.76. The first-order valence-corrected chi connectivity index (χ1v) is 4.73. The monoisotopic (exact) mass is 182 g/mol. The summed E-state index contributed by atoms with van der Waals surface area (Å²) < 4.78 is 2.04. The average Bonchev–Trinajstić information content (AvgIpc) is 2.56. The van der Waals surface area contributed by atoms with Gasteiger partial charge >= 0.3 is 0 Å². The molecule has 3 nitrogen and oxygen atoms in total. The topological polar surface area (TPSA) is 37.5 Å². The largest absolute Gasteiger partial charge is 0.396 e. The molecule has 0 unspecified atom stereocenters. The molecule has 0 saturated heterocycles. The van der Waals surface area contributed by atoms with Crippen LogP contribution in [0.4, 0.5) is 0 Å². The predicted octanol–water partition coefficient (Wildman–Crippen LogP) is 1.24. The minimum Gasteiger partial charge on any atom is -0.396 e. The Kier molecular flexibility index (Phi) is 1.86. The molecule has 12 heavy (non-hydrogen) atoms. The second kappa shape index (κ2) is 2.88. The van der Waals surface area contributed by atoms with Crippen LogP contribution in [-0.4, -0.2) is 21.1 Å². The number of nitrogens with zero attached hydrogens (tertiary/aromatic N) is 2. The smallest absolute Gasteiger partial charge is 0.194 e. The standard InChI is InChI=1S/C8H10N2OS/c1-6-7(2-4-11)10-3-5-12-8(10)9-6/h3,5,11H,2,4H2,1H3. The number of fused-ring (bicyclic) bond motifs is 1. The lowest BCUT2D eigenvalue weighted by atomic mass is 10.3. The van der Waals surface area contributed by atoms with Crippen molar-refractivity contribution in [3.63, 3.8) is 0 Å². The van der Waals surface area contributed by atoms with E-state index in [2.05, 4.69) is 4.98 Å². The number of hydrogen-bond acceptors (Lipinski definition) is 3. The van der Waals surface area contributed by atoms with Crippen molar-refractivity contribution in [3.05, 3.63) is 23.0 Å². The van der Waals surface area contributed by atoms with E-state index in [9.17, 15) is 0 Å². The van der Waals surface area contributed by atoms with Crippen LogP contribution in [0.1, 0.15) is 11.4 Å². The van der Waals surface area contributed by atoms with Crippen LogP contribution in [0.2, 0.25) is 0 Å². The highest BCUT2D eigenvalue weighted by Crippen LogP contribution is 2.16. The third-order valence-corrected chi connectivity index (χ3v) is 2.67. The lowest BCUT2D eigenvalue weighted by molar-refractivity contribution is 0.297. The molecule has 4 heteroatoms. The van der Waals surface area contributed by atoms with Crippen molar-refractivity contribution >= 4 is 16.3 Å². The van der Waals surface area contributed by atoms with Gasteiger partial charge < -0.3 is 5.11 Å². The zero-order chi connectivity index (χ0) is 8.55. The number of hydrogen-bond donors (Lipinski definition) is 1. The summed E-state index contributed by atoms with van der Waals surface area (Å²) in [6, 6.07) is 0. The van der Waals surface area contributed by atoms with Crippen LogP contribution in [0.25, 0.3) is 4.96 Å². The van der Waals surface area contributed by atoms with E-state index in [4.69, 9.17) is 5.11 Å². The highest BCUT2D eigenvalue weighted by Gasteiger charge is 2.07. The van der Waals surface area contributed by atoms with Crippen molar-refractivity contribution in [3.8, 4) is 0 Å². The summed E-state index contributed by atoms with van der Waals surface area (Å²) in [5.41, 5.74) is 2.14. The van der Waals surface area contributed by atoms with E-state index in [0.29, 0.717) is 6.42 Å². The molecule has 0 aliphatic rings. The lowest BCUT2D eigenvalue weighted by Gasteiger charge is -1.95. The quantitative estimate of drug-likeness (QED) is 0.758. The Hall–Kier alpha value is -0.870. The molecule has 2 aromatic rings. The van der Waals surface area contributed by atoms with E-state index in [-0.39, 0.29) is 6.61 Å². The van der Waals surface area contributed by atoms with Gasteiger partial charge in [-0.25, -0.2) is 4.98 Å². The Morgan fingerprint density at radius 2 is 2.50 bits per heavy atom. The SMILES string of the molecule is Cc1nc2sccn2c1CCO. The van der Waals surface area contributed by atoms with Gasteiger partial charge in [0, 0.05) is 30.3 Å². The number of aryl methyl sites for hydroxylation is 1. The summed E-state index contributed by atoms with van der Waals surface area (Å²) in [5.74, 6) is 0. The Balaban J connectivity index is 2.59. The summed E-state index contributed by atoms with van der Waals surface area (Å²) in [7, 11) is 0. The van der Waals surface area contributed by atoms with E-state index in [0.717, 1.165) is 16.3 Å². The molecule has 0 saturated carbocycles. The molecule has 2 rings (SSSR count). The van der Waals surface area contributed by atoms with Crippen LogP contribution in [0, 0.1) is 6.92 Å². The molecule has 2 heterocycles. The number of aliphatic hydroxyl groups excluding tert-OH is 1. The van der Waals surface area contributed by atoms with Gasteiger partial charge in [0.15, 0.2) is 4.96 Å². The molecular weight excluding hydrogens is 172 g/mol. The second-order valence-corrected chi connectivity index (χ2v) is 3.55. The van der Waals surface area contributed by atoms with Crippen molar-refractivity contribution in [2.45, 2.75) is 13.3 Å². The highest BCUT2D eigenvalue weighted by atomic mass is 32.1. The van der Waals surface area contributed by atoms with Crippen LogP contribution in [-0.2, 0) is 6.42 Å². The first-order chi connectivity index (χ1) is 5.83. The predicted molar refractivity (Wildman–Crippen MR) is 48.6 cm³/mol. The molecular formula is C8H10N2OS. The van der Waals surface area contributed by atoms with Gasteiger partial charge in [0.25, 0.3) is 0 Å². The summed E-state index contributed by atoms with van der Waals surface area (Å²) in [6.45, 7) is 2.16. The zero-order valence-electron chi connectivity index (χ0n) is 6.82. The van der Waals surface area contributed by atoms with Gasteiger partial charge in [-0.3, -0.25) is 4.40 Å². The third-order valence-electron chi connectivity index (χ3n) is 1.91. The van der Waals surface area contributed by atoms with E-state index in [1.54, 1.807) is 11.3 Å². The molecule has 64 valence electrons. The Morgan fingerprint density at radius 1 is 1.67 bits per heavy atom. The van der Waals surface area contributed by atoms with Crippen molar-refractivity contribution in [1.82, 2.24) is 9.38 Å². The van der Waals surface area contributed by atoms with Gasteiger partial charge in [0.05, 0.1) is 5.69 Å². The van der Waals surface area contributed by atoms with Crippen LogP contribution < -0.4 is 0 Å². The molecule has 0 aliphatic heterocycles.